The third-order valence-electron chi connectivity index (χ3n) is 3.47. The minimum atomic E-state index is -0.112. The summed E-state index contributed by atoms with van der Waals surface area (Å²) < 4.78 is 1.48. The molecule has 23 heavy (non-hydrogen) atoms. The van der Waals surface area contributed by atoms with Gasteiger partial charge in [-0.25, -0.2) is 4.98 Å². The van der Waals surface area contributed by atoms with Gasteiger partial charge in [-0.2, -0.15) is 0 Å². The molecule has 0 radical (unpaired) electrons. The van der Waals surface area contributed by atoms with Gasteiger partial charge in [0, 0.05) is 25.6 Å². The van der Waals surface area contributed by atoms with Gasteiger partial charge in [0.1, 0.15) is 0 Å². The van der Waals surface area contributed by atoms with Crippen LogP contribution in [0.4, 0.5) is 0 Å². The number of nitrogens with one attached hydrogen (secondary N) is 2. The fourth-order valence-electron chi connectivity index (χ4n) is 2.26. The van der Waals surface area contributed by atoms with Crippen molar-refractivity contribution in [3.05, 3.63) is 40.9 Å². The monoisotopic (exact) mass is 338 g/mol. The minimum absolute atomic E-state index is 0. The van der Waals surface area contributed by atoms with Gasteiger partial charge < -0.3 is 10.6 Å². The van der Waals surface area contributed by atoms with Crippen LogP contribution >= 0.6 is 12.4 Å². The number of benzene rings is 1. The number of rotatable bonds is 7. The molecule has 1 amide bonds. The third-order valence-corrected chi connectivity index (χ3v) is 3.47. The number of carbonyl (C=O) groups is 1. The first-order valence-corrected chi connectivity index (χ1v) is 7.56. The first-order valence-electron chi connectivity index (χ1n) is 7.56. The normalized spacial score (nSPS) is 11.7. The van der Waals surface area contributed by atoms with Gasteiger partial charge in [0.2, 0.25) is 5.91 Å². The Kier molecular flexibility index (Phi) is 7.71. The minimum Gasteiger partial charge on any atom is -0.354 e. The van der Waals surface area contributed by atoms with Crippen LogP contribution in [0.15, 0.2) is 35.4 Å². The Bertz CT molecular complexity index is 702. The molecule has 0 aliphatic rings. The molecule has 0 bridgehead atoms. The highest BCUT2D eigenvalue weighted by Gasteiger charge is 2.07. The molecule has 0 spiro atoms. The van der Waals surface area contributed by atoms with E-state index < -0.39 is 0 Å². The third kappa shape index (κ3) is 5.33. The van der Waals surface area contributed by atoms with Crippen molar-refractivity contribution in [2.45, 2.75) is 32.9 Å². The van der Waals surface area contributed by atoms with E-state index in [2.05, 4.69) is 15.6 Å². The van der Waals surface area contributed by atoms with Gasteiger partial charge in [0.25, 0.3) is 5.56 Å². The molecule has 2 N–H and O–H groups in total. The van der Waals surface area contributed by atoms with Gasteiger partial charge in [-0.05, 0) is 25.6 Å². The van der Waals surface area contributed by atoms with E-state index in [1.807, 2.05) is 26.0 Å². The highest BCUT2D eigenvalue weighted by molar-refractivity contribution is 5.85. The largest absolute Gasteiger partial charge is 0.354 e. The Balaban J connectivity index is 0.00000264. The first kappa shape index (κ1) is 19.1. The van der Waals surface area contributed by atoms with Crippen molar-refractivity contribution in [3.63, 3.8) is 0 Å². The van der Waals surface area contributed by atoms with Crippen molar-refractivity contribution in [1.82, 2.24) is 20.2 Å². The summed E-state index contributed by atoms with van der Waals surface area (Å²) in [4.78, 5) is 28.3. The molecule has 1 atom stereocenters. The molecule has 0 aliphatic heterocycles. The molecule has 0 aliphatic carbocycles. The number of aromatic nitrogens is 2. The molecular formula is C16H23ClN4O2. The standard InChI is InChI=1S/C16H22N4O2.ClH/c1-3-17-12(2)10-18-15(21)8-9-20-11-19-14-7-5-4-6-13(14)16(20)22;/h4-7,11-12,17H,3,8-10H2,1-2H3,(H,18,21);1H/t12-;/m1./s1. The van der Waals surface area contributed by atoms with Gasteiger partial charge in [-0.3, -0.25) is 14.2 Å². The van der Waals surface area contributed by atoms with E-state index in [-0.39, 0.29) is 36.3 Å². The predicted molar refractivity (Wildman–Crippen MR) is 94.0 cm³/mol. The molecule has 0 saturated carbocycles. The van der Waals surface area contributed by atoms with Crippen molar-refractivity contribution in [2.24, 2.45) is 0 Å². The predicted octanol–water partition coefficient (Wildman–Crippen LogP) is 1.32. The van der Waals surface area contributed by atoms with Crippen LogP contribution in [0.5, 0.6) is 0 Å². The van der Waals surface area contributed by atoms with Crippen molar-refractivity contribution >= 4 is 29.2 Å². The van der Waals surface area contributed by atoms with Crippen LogP contribution in [-0.2, 0) is 11.3 Å². The number of hydrogen-bond acceptors (Lipinski definition) is 4. The van der Waals surface area contributed by atoms with E-state index in [1.54, 1.807) is 12.1 Å². The maximum atomic E-state index is 12.3. The summed E-state index contributed by atoms with van der Waals surface area (Å²) >= 11 is 0. The number of amides is 1. The average Bonchev–Trinajstić information content (AvgIpc) is 2.53. The van der Waals surface area contributed by atoms with Crippen LogP contribution in [0.2, 0.25) is 0 Å². The second-order valence-corrected chi connectivity index (χ2v) is 5.27. The summed E-state index contributed by atoms with van der Waals surface area (Å²) in [6.45, 7) is 5.82. The molecule has 1 aromatic carbocycles. The van der Waals surface area contributed by atoms with E-state index in [1.165, 1.54) is 10.9 Å². The van der Waals surface area contributed by atoms with Gasteiger partial charge in [-0.15, -0.1) is 12.4 Å². The summed E-state index contributed by atoms with van der Waals surface area (Å²) in [5.41, 5.74) is 0.562. The van der Waals surface area contributed by atoms with Gasteiger partial charge in [-0.1, -0.05) is 19.1 Å². The lowest BCUT2D eigenvalue weighted by atomic mass is 10.2. The number of para-hydroxylation sites is 1. The average molecular weight is 339 g/mol. The Morgan fingerprint density at radius 3 is 2.83 bits per heavy atom. The highest BCUT2D eigenvalue weighted by Crippen LogP contribution is 2.04. The van der Waals surface area contributed by atoms with Crippen molar-refractivity contribution in [3.8, 4) is 0 Å². The molecule has 1 heterocycles. The summed E-state index contributed by atoms with van der Waals surface area (Å²) in [6, 6.07) is 7.44. The van der Waals surface area contributed by atoms with E-state index in [0.717, 1.165) is 6.54 Å². The van der Waals surface area contributed by atoms with E-state index in [0.29, 0.717) is 24.0 Å². The van der Waals surface area contributed by atoms with E-state index >= 15 is 0 Å². The lowest BCUT2D eigenvalue weighted by molar-refractivity contribution is -0.121. The fraction of sp³-hybridized carbons (Fsp3) is 0.438. The number of hydrogen-bond donors (Lipinski definition) is 2. The van der Waals surface area contributed by atoms with Crippen LogP contribution in [0, 0.1) is 0 Å². The molecule has 126 valence electrons. The fourth-order valence-corrected chi connectivity index (χ4v) is 2.26. The van der Waals surface area contributed by atoms with Crippen LogP contribution < -0.4 is 16.2 Å². The molecule has 0 unspecified atom stereocenters. The zero-order valence-corrected chi connectivity index (χ0v) is 14.2. The summed E-state index contributed by atoms with van der Waals surface area (Å²) in [5, 5.41) is 6.66. The zero-order chi connectivity index (χ0) is 15.9. The van der Waals surface area contributed by atoms with Crippen molar-refractivity contribution < 1.29 is 4.79 Å². The molecule has 2 rings (SSSR count). The van der Waals surface area contributed by atoms with E-state index in [9.17, 15) is 9.59 Å². The zero-order valence-electron chi connectivity index (χ0n) is 13.4. The van der Waals surface area contributed by atoms with Crippen LogP contribution in [-0.4, -0.2) is 34.6 Å². The second-order valence-electron chi connectivity index (χ2n) is 5.27. The Morgan fingerprint density at radius 2 is 2.09 bits per heavy atom. The number of aryl methyl sites for hydroxylation is 1. The Morgan fingerprint density at radius 1 is 1.35 bits per heavy atom. The van der Waals surface area contributed by atoms with Gasteiger partial charge in [0.15, 0.2) is 0 Å². The summed E-state index contributed by atoms with van der Waals surface area (Å²) in [5.74, 6) is -0.0650. The van der Waals surface area contributed by atoms with E-state index in [4.69, 9.17) is 0 Å². The summed E-state index contributed by atoms with van der Waals surface area (Å²) in [7, 11) is 0. The Hall–Kier alpha value is -1.92. The first-order chi connectivity index (χ1) is 10.6. The van der Waals surface area contributed by atoms with Crippen molar-refractivity contribution in [1.29, 1.82) is 0 Å². The molecule has 7 heteroatoms. The number of carbonyl (C=O) groups excluding carboxylic acids is 1. The molecular weight excluding hydrogens is 316 g/mol. The molecule has 2 aromatic rings. The SMILES string of the molecule is CCN[C@H](C)CNC(=O)CCn1cnc2ccccc2c1=O.Cl. The molecule has 0 saturated heterocycles. The smallest absolute Gasteiger partial charge is 0.261 e. The van der Waals surface area contributed by atoms with Gasteiger partial charge in [0.05, 0.1) is 17.2 Å². The molecule has 6 nitrogen and oxygen atoms in total. The second kappa shape index (κ2) is 9.27. The summed E-state index contributed by atoms with van der Waals surface area (Å²) in [6.07, 6.45) is 1.76. The topological polar surface area (TPSA) is 76.0 Å². The lowest BCUT2D eigenvalue weighted by Gasteiger charge is -2.13. The van der Waals surface area contributed by atoms with Gasteiger partial charge >= 0.3 is 0 Å². The number of halogens is 1. The maximum absolute atomic E-state index is 12.3. The molecule has 0 fully saturated rings. The van der Waals surface area contributed by atoms with Crippen LogP contribution in [0.25, 0.3) is 10.9 Å². The highest BCUT2D eigenvalue weighted by atomic mass is 35.5. The maximum Gasteiger partial charge on any atom is 0.261 e. The number of fused-ring (bicyclic) bond motifs is 1. The quantitative estimate of drug-likeness (QED) is 0.798. The number of likely N-dealkylation sites (N-methyl/N-ethyl adjacent to an activating group) is 1. The number of nitrogens with zero attached hydrogens (tertiary/aromatic N) is 2. The molecule has 1 aromatic heterocycles. The van der Waals surface area contributed by atoms with Crippen molar-refractivity contribution in [2.75, 3.05) is 13.1 Å². The Labute approximate surface area is 141 Å². The van der Waals surface area contributed by atoms with Crippen LogP contribution in [0.1, 0.15) is 20.3 Å². The van der Waals surface area contributed by atoms with Crippen LogP contribution in [0.3, 0.4) is 0 Å². The lowest BCUT2D eigenvalue weighted by Crippen LogP contribution is -2.39.